The van der Waals surface area contributed by atoms with E-state index in [0.717, 1.165) is 0 Å². The van der Waals surface area contributed by atoms with E-state index >= 15 is 0 Å². The van der Waals surface area contributed by atoms with Crippen LogP contribution in [0.5, 0.6) is 11.5 Å². The minimum atomic E-state index is -0.558. The second kappa shape index (κ2) is 9.25. The first kappa shape index (κ1) is 22.2. The lowest BCUT2D eigenvalue weighted by atomic mass is 10.0. The Kier molecular flexibility index (Phi) is 6.23. The summed E-state index contributed by atoms with van der Waals surface area (Å²) < 4.78 is 24.8. The molecular weight excluding hydrogens is 447 g/mol. The molecule has 0 aliphatic carbocycles. The standard InChI is InChI=1S/C24H19FN2O5S/c1-31-20-7-6-13(8-21(20)32-2)24(30)27-11-19(28)16-10-26-9-15(22(16)29)17-12-33-23-14(17)4-3-5-18(23)25/h3-10,12H,11H2,1-2H3,(H,26,29)(H,27,30). The number of carbonyl (C=O) groups excluding carboxylic acids is 2. The minimum Gasteiger partial charge on any atom is -0.493 e. The molecule has 0 fully saturated rings. The largest absolute Gasteiger partial charge is 0.493 e. The molecule has 2 heterocycles. The molecule has 0 spiro atoms. The first-order valence-electron chi connectivity index (χ1n) is 9.85. The SMILES string of the molecule is COc1ccc(C(=O)NCC(=O)c2c[nH]cc(-c3csc4c(F)cccc34)c2=O)cc1OC. The molecule has 4 aromatic rings. The number of H-pyrrole nitrogens is 1. The highest BCUT2D eigenvalue weighted by Crippen LogP contribution is 2.34. The van der Waals surface area contributed by atoms with Gasteiger partial charge in [-0.2, -0.15) is 0 Å². The van der Waals surface area contributed by atoms with Gasteiger partial charge in [-0.25, -0.2) is 4.39 Å². The van der Waals surface area contributed by atoms with Crippen LogP contribution in [0, 0.1) is 5.82 Å². The molecule has 0 saturated heterocycles. The number of amides is 1. The Morgan fingerprint density at radius 1 is 1.06 bits per heavy atom. The maximum atomic E-state index is 14.0. The van der Waals surface area contributed by atoms with Crippen molar-refractivity contribution in [3.63, 3.8) is 0 Å². The van der Waals surface area contributed by atoms with Gasteiger partial charge in [-0.15, -0.1) is 11.3 Å². The highest BCUT2D eigenvalue weighted by molar-refractivity contribution is 7.17. The average Bonchev–Trinajstić information content (AvgIpc) is 3.27. The maximum Gasteiger partial charge on any atom is 0.251 e. The van der Waals surface area contributed by atoms with Crippen molar-refractivity contribution in [1.82, 2.24) is 10.3 Å². The molecule has 9 heteroatoms. The molecule has 33 heavy (non-hydrogen) atoms. The van der Waals surface area contributed by atoms with E-state index in [0.29, 0.717) is 27.1 Å². The second-order valence-electron chi connectivity index (χ2n) is 7.05. The highest BCUT2D eigenvalue weighted by Gasteiger charge is 2.19. The summed E-state index contributed by atoms with van der Waals surface area (Å²) in [6, 6.07) is 9.26. The molecule has 0 saturated carbocycles. The molecule has 0 radical (unpaired) electrons. The first-order chi connectivity index (χ1) is 15.9. The van der Waals surface area contributed by atoms with Crippen LogP contribution in [-0.4, -0.2) is 37.4 Å². The quantitative estimate of drug-likeness (QED) is 0.401. The number of ketones is 1. The molecule has 0 aliphatic rings. The van der Waals surface area contributed by atoms with Crippen LogP contribution in [0.25, 0.3) is 21.2 Å². The first-order valence-corrected chi connectivity index (χ1v) is 10.7. The number of carbonyl (C=O) groups is 2. The van der Waals surface area contributed by atoms with Crippen LogP contribution in [0.2, 0.25) is 0 Å². The molecule has 7 nitrogen and oxygen atoms in total. The number of aromatic amines is 1. The normalized spacial score (nSPS) is 10.8. The average molecular weight is 466 g/mol. The number of halogens is 1. The summed E-state index contributed by atoms with van der Waals surface area (Å²) in [5, 5.41) is 4.80. The third-order valence-electron chi connectivity index (χ3n) is 5.14. The summed E-state index contributed by atoms with van der Waals surface area (Å²) in [5.41, 5.74) is 0.470. The lowest BCUT2D eigenvalue weighted by Crippen LogP contribution is -2.32. The van der Waals surface area contributed by atoms with E-state index in [1.807, 2.05) is 0 Å². The number of ether oxygens (including phenoxy) is 2. The van der Waals surface area contributed by atoms with Gasteiger partial charge in [0.25, 0.3) is 5.91 Å². The Balaban J connectivity index is 1.56. The maximum absolute atomic E-state index is 14.0. The van der Waals surface area contributed by atoms with Crippen LogP contribution < -0.4 is 20.2 Å². The predicted octanol–water partition coefficient (Wildman–Crippen LogP) is 4.03. The van der Waals surface area contributed by atoms with Crippen LogP contribution in [0.15, 0.2) is 59.0 Å². The van der Waals surface area contributed by atoms with Crippen LogP contribution in [0.3, 0.4) is 0 Å². The summed E-state index contributed by atoms with van der Waals surface area (Å²) in [6.45, 7) is -0.376. The van der Waals surface area contributed by atoms with Gasteiger partial charge in [0.05, 0.1) is 31.0 Å². The summed E-state index contributed by atoms with van der Waals surface area (Å²) in [6.07, 6.45) is 2.78. The Hall–Kier alpha value is -3.98. The van der Waals surface area contributed by atoms with Gasteiger partial charge in [0, 0.05) is 39.9 Å². The topological polar surface area (TPSA) is 97.5 Å². The van der Waals surface area contributed by atoms with Crippen LogP contribution >= 0.6 is 11.3 Å². The lowest BCUT2D eigenvalue weighted by Gasteiger charge is -2.10. The summed E-state index contributed by atoms with van der Waals surface area (Å²) in [4.78, 5) is 41.1. The van der Waals surface area contributed by atoms with E-state index in [2.05, 4.69) is 10.3 Å². The zero-order chi connectivity index (χ0) is 23.5. The molecule has 0 bridgehead atoms. The van der Waals surface area contributed by atoms with E-state index < -0.39 is 17.1 Å². The van der Waals surface area contributed by atoms with Gasteiger partial charge in [-0.3, -0.25) is 14.4 Å². The highest BCUT2D eigenvalue weighted by atomic mass is 32.1. The van der Waals surface area contributed by atoms with Crippen molar-refractivity contribution in [2.45, 2.75) is 0 Å². The molecule has 4 rings (SSSR count). The fourth-order valence-corrected chi connectivity index (χ4v) is 4.43. The number of benzene rings is 2. The number of Topliss-reactive ketones (excluding diaryl/α,β-unsaturated/α-hetero) is 1. The van der Waals surface area contributed by atoms with Crippen molar-refractivity contribution < 1.29 is 23.5 Å². The number of thiophene rings is 1. The lowest BCUT2D eigenvalue weighted by molar-refractivity contribution is 0.0903. The molecular formula is C24H19FN2O5S. The Bertz CT molecular complexity index is 1430. The summed E-state index contributed by atoms with van der Waals surface area (Å²) >= 11 is 1.19. The second-order valence-corrected chi connectivity index (χ2v) is 7.93. The van der Waals surface area contributed by atoms with Crippen LogP contribution in [0.1, 0.15) is 20.7 Å². The van der Waals surface area contributed by atoms with Crippen molar-refractivity contribution >= 4 is 33.1 Å². The zero-order valence-electron chi connectivity index (χ0n) is 17.7. The molecule has 2 aromatic carbocycles. The Morgan fingerprint density at radius 3 is 2.61 bits per heavy atom. The van der Waals surface area contributed by atoms with Gasteiger partial charge in [0.15, 0.2) is 22.7 Å². The van der Waals surface area contributed by atoms with Crippen molar-refractivity contribution in [2.24, 2.45) is 0 Å². The van der Waals surface area contributed by atoms with Crippen LogP contribution in [-0.2, 0) is 0 Å². The third-order valence-corrected chi connectivity index (χ3v) is 6.15. The van der Waals surface area contributed by atoms with E-state index in [4.69, 9.17) is 9.47 Å². The molecule has 0 aliphatic heterocycles. The van der Waals surface area contributed by atoms with Crippen LogP contribution in [0.4, 0.5) is 4.39 Å². The van der Waals surface area contributed by atoms with Gasteiger partial charge in [-0.1, -0.05) is 12.1 Å². The minimum absolute atomic E-state index is 0.101. The fraction of sp³-hybridized carbons (Fsp3) is 0.125. The molecule has 2 aromatic heterocycles. The third kappa shape index (κ3) is 4.22. The summed E-state index contributed by atoms with van der Waals surface area (Å²) in [7, 11) is 2.94. The van der Waals surface area contributed by atoms with Gasteiger partial charge in [0.2, 0.25) is 0 Å². The van der Waals surface area contributed by atoms with Crippen molar-refractivity contribution in [2.75, 3.05) is 20.8 Å². The molecule has 1 amide bonds. The zero-order valence-corrected chi connectivity index (χ0v) is 18.5. The fourth-order valence-electron chi connectivity index (χ4n) is 3.46. The number of nitrogens with one attached hydrogen (secondary N) is 2. The van der Waals surface area contributed by atoms with Gasteiger partial charge >= 0.3 is 0 Å². The molecule has 168 valence electrons. The molecule has 0 unspecified atom stereocenters. The molecule has 0 atom stereocenters. The predicted molar refractivity (Wildman–Crippen MR) is 124 cm³/mol. The van der Waals surface area contributed by atoms with Gasteiger partial charge in [0.1, 0.15) is 5.82 Å². The van der Waals surface area contributed by atoms with E-state index in [9.17, 15) is 18.8 Å². The van der Waals surface area contributed by atoms with E-state index in [-0.39, 0.29) is 29.1 Å². The monoisotopic (exact) mass is 466 g/mol. The smallest absolute Gasteiger partial charge is 0.251 e. The number of aromatic nitrogens is 1. The summed E-state index contributed by atoms with van der Waals surface area (Å²) in [5.74, 6) is -0.589. The number of hydrogen-bond acceptors (Lipinski definition) is 6. The van der Waals surface area contributed by atoms with E-state index in [1.54, 1.807) is 23.6 Å². The number of hydrogen-bond donors (Lipinski definition) is 2. The van der Waals surface area contributed by atoms with Crippen molar-refractivity contribution in [3.8, 4) is 22.6 Å². The number of pyridine rings is 1. The van der Waals surface area contributed by atoms with Crippen molar-refractivity contribution in [1.29, 1.82) is 0 Å². The van der Waals surface area contributed by atoms with E-state index in [1.165, 1.54) is 56.1 Å². The Labute approximate surface area is 191 Å². The number of methoxy groups -OCH3 is 2. The van der Waals surface area contributed by atoms with Crippen molar-refractivity contribution in [3.05, 3.63) is 81.3 Å². The molecule has 2 N–H and O–H groups in total. The Morgan fingerprint density at radius 2 is 1.85 bits per heavy atom. The number of rotatable bonds is 7. The van der Waals surface area contributed by atoms with Gasteiger partial charge in [-0.05, 0) is 24.3 Å². The van der Waals surface area contributed by atoms with Gasteiger partial charge < -0.3 is 19.8 Å². The number of fused-ring (bicyclic) bond motifs is 1.